The molecular weight excluding hydrogens is 262 g/mol. The summed E-state index contributed by atoms with van der Waals surface area (Å²) in [6.07, 6.45) is 3.83. The monoisotopic (exact) mass is 291 g/mol. The van der Waals surface area contributed by atoms with Crippen LogP contribution >= 0.6 is 0 Å². The predicted octanol–water partition coefficient (Wildman–Crippen LogP) is 0.569. The van der Waals surface area contributed by atoms with Crippen molar-refractivity contribution in [2.24, 2.45) is 5.73 Å². The molecule has 5 heteroatoms. The van der Waals surface area contributed by atoms with Crippen molar-refractivity contribution in [3.8, 4) is 0 Å². The molecule has 118 valence electrons. The molecule has 0 radical (unpaired) electrons. The molecule has 1 atom stereocenters. The molecule has 0 saturated carbocycles. The highest BCUT2D eigenvalue weighted by Gasteiger charge is 2.25. The van der Waals surface area contributed by atoms with Gasteiger partial charge in [-0.3, -0.25) is 14.8 Å². The van der Waals surface area contributed by atoms with Gasteiger partial charge in [0.05, 0.1) is 0 Å². The van der Waals surface area contributed by atoms with Crippen LogP contribution in [0.4, 0.5) is 0 Å². The highest BCUT2D eigenvalue weighted by atomic mass is 15.3. The Hall–Kier alpha value is -1.01. The molecular formula is C16H29N5. The van der Waals surface area contributed by atoms with Crippen LogP contribution in [0.1, 0.15) is 17.2 Å². The topological polar surface area (TPSA) is 48.6 Å². The second kappa shape index (κ2) is 7.84. The first-order chi connectivity index (χ1) is 10.1. The second-order valence-corrected chi connectivity index (χ2v) is 6.16. The molecule has 1 saturated heterocycles. The first-order valence-corrected chi connectivity index (χ1v) is 7.83. The highest BCUT2D eigenvalue weighted by molar-refractivity contribution is 5.25. The zero-order valence-electron chi connectivity index (χ0n) is 13.6. The van der Waals surface area contributed by atoms with Crippen molar-refractivity contribution in [1.29, 1.82) is 0 Å². The number of aryl methyl sites for hydroxylation is 1. The second-order valence-electron chi connectivity index (χ2n) is 6.16. The van der Waals surface area contributed by atoms with Gasteiger partial charge >= 0.3 is 0 Å². The molecule has 1 aromatic rings. The Labute approximate surface area is 128 Å². The Morgan fingerprint density at radius 2 is 2.00 bits per heavy atom. The molecule has 0 amide bonds. The number of hydrogen-bond acceptors (Lipinski definition) is 5. The van der Waals surface area contributed by atoms with Crippen LogP contribution in [0.3, 0.4) is 0 Å². The number of aromatic nitrogens is 1. The van der Waals surface area contributed by atoms with Gasteiger partial charge in [-0.05, 0) is 38.2 Å². The lowest BCUT2D eigenvalue weighted by atomic mass is 10.0. The Balaban J connectivity index is 1.92. The zero-order chi connectivity index (χ0) is 15.2. The van der Waals surface area contributed by atoms with Crippen LogP contribution in [0, 0.1) is 6.92 Å². The SMILES string of the molecule is Cc1ccncc1C(CN)N1CCN(CCN(C)C)CC1. The number of rotatable bonds is 6. The van der Waals surface area contributed by atoms with Crippen LogP contribution in [0.25, 0.3) is 0 Å². The molecule has 1 aliphatic heterocycles. The van der Waals surface area contributed by atoms with Crippen molar-refractivity contribution >= 4 is 0 Å². The van der Waals surface area contributed by atoms with Gasteiger partial charge < -0.3 is 10.6 Å². The van der Waals surface area contributed by atoms with Crippen molar-refractivity contribution in [1.82, 2.24) is 19.7 Å². The van der Waals surface area contributed by atoms with Gasteiger partial charge in [0.2, 0.25) is 0 Å². The maximum atomic E-state index is 6.05. The van der Waals surface area contributed by atoms with Gasteiger partial charge in [-0.2, -0.15) is 0 Å². The molecule has 2 heterocycles. The summed E-state index contributed by atoms with van der Waals surface area (Å²) in [7, 11) is 4.26. The first-order valence-electron chi connectivity index (χ1n) is 7.83. The van der Waals surface area contributed by atoms with E-state index in [9.17, 15) is 0 Å². The fraction of sp³-hybridized carbons (Fsp3) is 0.688. The minimum atomic E-state index is 0.301. The Bertz CT molecular complexity index is 426. The predicted molar refractivity (Wildman–Crippen MR) is 87.3 cm³/mol. The van der Waals surface area contributed by atoms with E-state index in [2.05, 4.69) is 46.8 Å². The lowest BCUT2D eigenvalue weighted by Crippen LogP contribution is -2.50. The third kappa shape index (κ3) is 4.48. The molecule has 1 unspecified atom stereocenters. The van der Waals surface area contributed by atoms with Gasteiger partial charge in [0.25, 0.3) is 0 Å². The molecule has 0 bridgehead atoms. The van der Waals surface area contributed by atoms with Crippen LogP contribution < -0.4 is 5.73 Å². The number of nitrogens with zero attached hydrogens (tertiary/aromatic N) is 4. The average Bonchev–Trinajstić information content (AvgIpc) is 2.49. The fourth-order valence-corrected chi connectivity index (χ4v) is 2.94. The van der Waals surface area contributed by atoms with Crippen LogP contribution in [-0.4, -0.2) is 79.6 Å². The number of hydrogen-bond donors (Lipinski definition) is 1. The number of likely N-dealkylation sites (N-methyl/N-ethyl adjacent to an activating group) is 1. The number of nitrogens with two attached hydrogens (primary N) is 1. The molecule has 21 heavy (non-hydrogen) atoms. The van der Waals surface area contributed by atoms with E-state index >= 15 is 0 Å². The van der Waals surface area contributed by atoms with E-state index in [4.69, 9.17) is 5.73 Å². The van der Waals surface area contributed by atoms with E-state index in [0.29, 0.717) is 12.6 Å². The maximum Gasteiger partial charge on any atom is 0.0489 e. The molecule has 1 aliphatic rings. The third-order valence-electron chi connectivity index (χ3n) is 4.37. The van der Waals surface area contributed by atoms with Gasteiger partial charge in [0, 0.05) is 64.2 Å². The Morgan fingerprint density at radius 1 is 1.29 bits per heavy atom. The van der Waals surface area contributed by atoms with Crippen molar-refractivity contribution in [3.05, 3.63) is 29.6 Å². The number of piperazine rings is 1. The summed E-state index contributed by atoms with van der Waals surface area (Å²) in [6, 6.07) is 2.38. The van der Waals surface area contributed by atoms with E-state index in [1.54, 1.807) is 0 Å². The van der Waals surface area contributed by atoms with E-state index < -0.39 is 0 Å². The van der Waals surface area contributed by atoms with Crippen molar-refractivity contribution in [2.75, 3.05) is 59.9 Å². The number of pyridine rings is 1. The van der Waals surface area contributed by atoms with Crippen molar-refractivity contribution in [2.45, 2.75) is 13.0 Å². The van der Waals surface area contributed by atoms with E-state index in [0.717, 1.165) is 39.3 Å². The largest absolute Gasteiger partial charge is 0.329 e. The summed E-state index contributed by atoms with van der Waals surface area (Å²) in [5, 5.41) is 0. The van der Waals surface area contributed by atoms with Crippen LogP contribution in [0.15, 0.2) is 18.5 Å². The summed E-state index contributed by atoms with van der Waals surface area (Å²) in [6.45, 7) is 9.51. The average molecular weight is 291 g/mol. The molecule has 0 spiro atoms. The van der Waals surface area contributed by atoms with E-state index in [-0.39, 0.29) is 0 Å². The summed E-state index contributed by atoms with van der Waals surface area (Å²) < 4.78 is 0. The van der Waals surface area contributed by atoms with Crippen LogP contribution in [0.5, 0.6) is 0 Å². The molecule has 1 fully saturated rings. The van der Waals surface area contributed by atoms with Gasteiger partial charge in [-0.25, -0.2) is 0 Å². The van der Waals surface area contributed by atoms with Gasteiger partial charge in [-0.15, -0.1) is 0 Å². The molecule has 0 aromatic carbocycles. The summed E-state index contributed by atoms with van der Waals surface area (Å²) >= 11 is 0. The zero-order valence-corrected chi connectivity index (χ0v) is 13.6. The minimum absolute atomic E-state index is 0.301. The highest BCUT2D eigenvalue weighted by Crippen LogP contribution is 2.23. The minimum Gasteiger partial charge on any atom is -0.329 e. The lowest BCUT2D eigenvalue weighted by Gasteiger charge is -2.39. The van der Waals surface area contributed by atoms with Crippen molar-refractivity contribution in [3.63, 3.8) is 0 Å². The van der Waals surface area contributed by atoms with Crippen LogP contribution in [-0.2, 0) is 0 Å². The summed E-state index contributed by atoms with van der Waals surface area (Å²) in [4.78, 5) is 11.6. The first kappa shape index (κ1) is 16.4. The fourth-order valence-electron chi connectivity index (χ4n) is 2.94. The van der Waals surface area contributed by atoms with Gasteiger partial charge in [-0.1, -0.05) is 0 Å². The maximum absolute atomic E-state index is 6.05. The normalized spacial score (nSPS) is 19.1. The quantitative estimate of drug-likeness (QED) is 0.830. The molecule has 1 aromatic heterocycles. The van der Waals surface area contributed by atoms with E-state index in [1.165, 1.54) is 11.1 Å². The summed E-state index contributed by atoms with van der Waals surface area (Å²) in [5.74, 6) is 0. The van der Waals surface area contributed by atoms with Crippen LogP contribution in [0.2, 0.25) is 0 Å². The van der Waals surface area contributed by atoms with Crippen molar-refractivity contribution < 1.29 is 0 Å². The molecule has 2 rings (SSSR count). The molecule has 0 aliphatic carbocycles. The molecule has 2 N–H and O–H groups in total. The van der Waals surface area contributed by atoms with Gasteiger partial charge in [0.15, 0.2) is 0 Å². The van der Waals surface area contributed by atoms with E-state index in [1.807, 2.05) is 12.4 Å². The smallest absolute Gasteiger partial charge is 0.0489 e. The summed E-state index contributed by atoms with van der Waals surface area (Å²) in [5.41, 5.74) is 8.61. The Morgan fingerprint density at radius 3 is 2.57 bits per heavy atom. The lowest BCUT2D eigenvalue weighted by molar-refractivity contribution is 0.0937. The third-order valence-corrected chi connectivity index (χ3v) is 4.37. The standard InChI is InChI=1S/C16H29N5/c1-14-4-5-18-13-15(14)16(12-17)21-10-8-20(9-11-21)7-6-19(2)3/h4-5,13,16H,6-12,17H2,1-3H3. The Kier molecular flexibility index (Phi) is 6.11. The molecule has 5 nitrogen and oxygen atoms in total. The van der Waals surface area contributed by atoms with Gasteiger partial charge in [0.1, 0.15) is 0 Å².